The number of ether oxygens (including phenoxy) is 1. The van der Waals surface area contributed by atoms with Crippen molar-refractivity contribution in [3.8, 4) is 0 Å². The molecule has 1 N–H and O–H groups in total. The third kappa shape index (κ3) is 4.38. The molecule has 10 heteroatoms. The van der Waals surface area contributed by atoms with Crippen molar-refractivity contribution in [3.05, 3.63) is 35.4 Å². The molecule has 0 aromatic heterocycles. The van der Waals surface area contributed by atoms with Crippen LogP contribution in [0.25, 0.3) is 0 Å². The van der Waals surface area contributed by atoms with Crippen LogP contribution in [0.4, 0.5) is 0 Å². The number of fused-ring (bicyclic) bond motifs is 1. The normalized spacial score (nSPS) is 23.2. The summed E-state index contributed by atoms with van der Waals surface area (Å²) in [5.74, 6) is -2.83. The SMILES string of the molecule is C[C@@]1(NC(=O)COC(=O)CN2C(=O)Cc3ccccc3C2=O)CCS(=O)(=O)C1. The highest BCUT2D eigenvalue weighted by molar-refractivity contribution is 7.91. The van der Waals surface area contributed by atoms with Gasteiger partial charge in [0.25, 0.3) is 11.8 Å². The van der Waals surface area contributed by atoms with E-state index >= 15 is 0 Å². The predicted molar refractivity (Wildman–Crippen MR) is 97.0 cm³/mol. The van der Waals surface area contributed by atoms with Crippen LogP contribution in [0.5, 0.6) is 0 Å². The average molecular weight is 408 g/mol. The van der Waals surface area contributed by atoms with E-state index in [2.05, 4.69) is 5.32 Å². The molecule has 3 amide bonds. The molecule has 0 saturated carbocycles. The number of hydrogen-bond acceptors (Lipinski definition) is 7. The number of nitrogens with one attached hydrogen (secondary N) is 1. The highest BCUT2D eigenvalue weighted by atomic mass is 32.2. The Labute approximate surface area is 161 Å². The van der Waals surface area contributed by atoms with Gasteiger partial charge in [-0.15, -0.1) is 0 Å². The third-order valence-corrected chi connectivity index (χ3v) is 6.63. The van der Waals surface area contributed by atoms with Crippen molar-refractivity contribution in [2.45, 2.75) is 25.3 Å². The minimum absolute atomic E-state index is 0.00249. The fraction of sp³-hybridized carbons (Fsp3) is 0.444. The fourth-order valence-corrected chi connectivity index (χ4v) is 5.46. The molecule has 1 fully saturated rings. The Hall–Kier alpha value is -2.75. The maximum Gasteiger partial charge on any atom is 0.326 e. The van der Waals surface area contributed by atoms with Crippen molar-refractivity contribution in [2.24, 2.45) is 0 Å². The number of esters is 1. The van der Waals surface area contributed by atoms with Crippen molar-refractivity contribution in [2.75, 3.05) is 24.7 Å². The van der Waals surface area contributed by atoms with Crippen LogP contribution < -0.4 is 5.32 Å². The Balaban J connectivity index is 1.53. The van der Waals surface area contributed by atoms with Crippen LogP contribution in [0.15, 0.2) is 24.3 Å². The molecule has 1 aromatic carbocycles. The van der Waals surface area contributed by atoms with Crippen molar-refractivity contribution >= 4 is 33.5 Å². The van der Waals surface area contributed by atoms with Crippen LogP contribution in [0.3, 0.4) is 0 Å². The van der Waals surface area contributed by atoms with Gasteiger partial charge in [-0.05, 0) is 25.0 Å². The first kappa shape index (κ1) is 20.0. The average Bonchev–Trinajstić information content (AvgIpc) is 2.89. The summed E-state index contributed by atoms with van der Waals surface area (Å²) in [7, 11) is -3.19. The predicted octanol–water partition coefficient (Wildman–Crippen LogP) is -0.552. The number of carbonyl (C=O) groups is 4. The second-order valence-electron chi connectivity index (χ2n) is 7.23. The van der Waals surface area contributed by atoms with Gasteiger partial charge in [0.05, 0.1) is 23.5 Å². The van der Waals surface area contributed by atoms with Crippen molar-refractivity contribution in [1.82, 2.24) is 10.2 Å². The maximum atomic E-state index is 12.4. The number of carbonyl (C=O) groups excluding carboxylic acids is 4. The number of nitrogens with zero attached hydrogens (tertiary/aromatic N) is 1. The molecule has 3 rings (SSSR count). The lowest BCUT2D eigenvalue weighted by molar-refractivity contribution is -0.151. The Kier molecular flexibility index (Phi) is 5.24. The minimum Gasteiger partial charge on any atom is -0.454 e. The van der Waals surface area contributed by atoms with Gasteiger partial charge in [0.2, 0.25) is 5.91 Å². The lowest BCUT2D eigenvalue weighted by Gasteiger charge is -2.26. The molecule has 0 aliphatic carbocycles. The van der Waals surface area contributed by atoms with Gasteiger partial charge in [-0.3, -0.25) is 24.1 Å². The Morgan fingerprint density at radius 2 is 1.96 bits per heavy atom. The molecular weight excluding hydrogens is 388 g/mol. The van der Waals surface area contributed by atoms with Crippen molar-refractivity contribution in [3.63, 3.8) is 0 Å². The van der Waals surface area contributed by atoms with Gasteiger partial charge in [-0.1, -0.05) is 18.2 Å². The van der Waals surface area contributed by atoms with Gasteiger partial charge in [0, 0.05) is 5.56 Å². The quantitative estimate of drug-likeness (QED) is 0.511. The Morgan fingerprint density at radius 3 is 2.64 bits per heavy atom. The van der Waals surface area contributed by atoms with Crippen molar-refractivity contribution in [1.29, 1.82) is 0 Å². The molecule has 150 valence electrons. The van der Waals surface area contributed by atoms with E-state index in [1.807, 2.05) is 0 Å². The third-order valence-electron chi connectivity index (χ3n) is 4.73. The van der Waals surface area contributed by atoms with Crippen LogP contribution >= 0.6 is 0 Å². The summed E-state index contributed by atoms with van der Waals surface area (Å²) in [4.78, 5) is 49.3. The highest BCUT2D eigenvalue weighted by Gasteiger charge is 2.39. The van der Waals surface area contributed by atoms with Gasteiger partial charge in [0.1, 0.15) is 6.54 Å². The Morgan fingerprint density at radius 1 is 1.25 bits per heavy atom. The van der Waals surface area contributed by atoms with Crippen LogP contribution in [-0.2, 0) is 35.4 Å². The molecule has 0 unspecified atom stereocenters. The highest BCUT2D eigenvalue weighted by Crippen LogP contribution is 2.22. The van der Waals surface area contributed by atoms with Crippen molar-refractivity contribution < 1.29 is 32.3 Å². The van der Waals surface area contributed by atoms with E-state index in [4.69, 9.17) is 4.74 Å². The van der Waals surface area contributed by atoms with Gasteiger partial charge < -0.3 is 10.1 Å². The number of sulfone groups is 1. The molecule has 0 radical (unpaired) electrons. The molecule has 1 saturated heterocycles. The number of benzene rings is 1. The van der Waals surface area contributed by atoms with E-state index < -0.39 is 52.2 Å². The zero-order valence-corrected chi connectivity index (χ0v) is 16.1. The second kappa shape index (κ2) is 7.34. The summed E-state index contributed by atoms with van der Waals surface area (Å²) in [6.45, 7) is 0.395. The lowest BCUT2D eigenvalue weighted by atomic mass is 9.98. The lowest BCUT2D eigenvalue weighted by Crippen LogP contribution is -2.49. The molecular formula is C18H20N2O7S. The van der Waals surface area contributed by atoms with Crippen LogP contribution in [0, 0.1) is 0 Å². The summed E-state index contributed by atoms with van der Waals surface area (Å²) in [6.07, 6.45) is 0.285. The first-order valence-electron chi connectivity index (χ1n) is 8.68. The molecule has 2 heterocycles. The van der Waals surface area contributed by atoms with E-state index in [9.17, 15) is 27.6 Å². The number of amides is 3. The van der Waals surface area contributed by atoms with Gasteiger partial charge in [0.15, 0.2) is 16.4 Å². The maximum absolute atomic E-state index is 12.4. The molecule has 2 aliphatic rings. The van der Waals surface area contributed by atoms with Gasteiger partial charge in [-0.2, -0.15) is 0 Å². The van der Waals surface area contributed by atoms with Crippen LogP contribution in [0.1, 0.15) is 29.3 Å². The molecule has 0 spiro atoms. The van der Waals surface area contributed by atoms with E-state index in [-0.39, 0.29) is 24.3 Å². The molecule has 0 bridgehead atoms. The van der Waals surface area contributed by atoms with E-state index in [0.717, 1.165) is 4.90 Å². The van der Waals surface area contributed by atoms with Crippen LogP contribution in [-0.4, -0.2) is 67.2 Å². The summed E-state index contributed by atoms with van der Waals surface area (Å²) in [5, 5.41) is 2.56. The summed E-state index contributed by atoms with van der Waals surface area (Å²) >= 11 is 0. The van der Waals surface area contributed by atoms with Gasteiger partial charge in [-0.25, -0.2) is 8.42 Å². The summed E-state index contributed by atoms with van der Waals surface area (Å²) in [6, 6.07) is 6.64. The summed E-state index contributed by atoms with van der Waals surface area (Å²) in [5.41, 5.74) is 0.0504. The Bertz CT molecular complexity index is 956. The first-order valence-corrected chi connectivity index (χ1v) is 10.5. The molecule has 2 aliphatic heterocycles. The van der Waals surface area contributed by atoms with E-state index in [1.54, 1.807) is 31.2 Å². The smallest absolute Gasteiger partial charge is 0.326 e. The summed E-state index contributed by atoms with van der Waals surface area (Å²) < 4.78 is 28.0. The minimum atomic E-state index is -3.19. The first-order chi connectivity index (χ1) is 13.1. The second-order valence-corrected chi connectivity index (χ2v) is 9.41. The number of imide groups is 1. The van der Waals surface area contributed by atoms with Crippen LogP contribution in [0.2, 0.25) is 0 Å². The largest absolute Gasteiger partial charge is 0.454 e. The number of hydrogen-bond donors (Lipinski definition) is 1. The zero-order chi connectivity index (χ0) is 20.5. The molecule has 9 nitrogen and oxygen atoms in total. The fourth-order valence-electron chi connectivity index (χ4n) is 3.36. The van der Waals surface area contributed by atoms with Gasteiger partial charge >= 0.3 is 5.97 Å². The zero-order valence-electron chi connectivity index (χ0n) is 15.3. The molecule has 1 aromatic rings. The number of rotatable bonds is 5. The monoisotopic (exact) mass is 408 g/mol. The topological polar surface area (TPSA) is 127 Å². The molecule has 1 atom stereocenters. The van der Waals surface area contributed by atoms with E-state index in [1.165, 1.54) is 0 Å². The molecule has 28 heavy (non-hydrogen) atoms. The van der Waals surface area contributed by atoms with E-state index in [0.29, 0.717) is 11.1 Å². The standard InChI is InChI=1S/C18H20N2O7S/c1-18(6-7-28(25,26)11-18)19-14(21)10-27-16(23)9-20-15(22)8-12-4-2-3-5-13(12)17(20)24/h2-5H,6-11H2,1H3,(H,19,21)/t18-/m1/s1.